The normalized spacial score (nSPS) is 16.9. The molecule has 152 valence electrons. The Morgan fingerprint density at radius 2 is 1.96 bits per heavy atom. The molecule has 0 spiro atoms. The number of morpholine rings is 1. The van der Waals surface area contributed by atoms with Gasteiger partial charge in [0.1, 0.15) is 12.7 Å². The van der Waals surface area contributed by atoms with Crippen molar-refractivity contribution in [2.75, 3.05) is 44.4 Å². The van der Waals surface area contributed by atoms with Crippen LogP contribution in [0.4, 0.5) is 5.82 Å². The first-order chi connectivity index (χ1) is 12.6. The average Bonchev–Trinajstić information content (AvgIpc) is 3.05. The molecule has 0 aromatic carbocycles. The van der Waals surface area contributed by atoms with Crippen molar-refractivity contribution >= 4 is 23.5 Å². The molecule has 2 radical (unpaired) electrons. The van der Waals surface area contributed by atoms with Gasteiger partial charge >= 0.3 is 5.97 Å². The Bertz CT molecular complexity index is 603. The molecule has 9 heteroatoms. The van der Waals surface area contributed by atoms with E-state index in [1.54, 1.807) is 6.92 Å². The number of hydrogen-bond acceptors (Lipinski definition) is 9. The maximum absolute atomic E-state index is 12.2. The summed E-state index contributed by atoms with van der Waals surface area (Å²) in [6, 6.07) is 0. The van der Waals surface area contributed by atoms with Crippen LogP contribution >= 0.6 is 11.7 Å². The molecule has 8 nitrogen and oxygen atoms in total. The van der Waals surface area contributed by atoms with Gasteiger partial charge in [0.15, 0.2) is 0 Å². The molecule has 27 heavy (non-hydrogen) atoms. The van der Waals surface area contributed by atoms with Gasteiger partial charge in [-0.1, -0.05) is 0 Å². The Hall–Kier alpha value is -1.45. The van der Waals surface area contributed by atoms with Crippen molar-refractivity contribution < 1.29 is 19.0 Å². The number of nitrogens with one attached hydrogen (secondary N) is 1. The van der Waals surface area contributed by atoms with Crippen molar-refractivity contribution in [3.8, 4) is 5.88 Å². The van der Waals surface area contributed by atoms with Crippen molar-refractivity contribution in [3.05, 3.63) is 13.8 Å². The quantitative estimate of drug-likeness (QED) is 0.663. The van der Waals surface area contributed by atoms with E-state index in [1.165, 1.54) is 0 Å². The highest BCUT2D eigenvalue weighted by atomic mass is 32.1. The Balaban J connectivity index is 2.00. The molecular formula is C18H30N4O4S. The molecule has 1 saturated heterocycles. The summed E-state index contributed by atoms with van der Waals surface area (Å²) in [5.74, 6) is 0.679. The Kier molecular flexibility index (Phi) is 7.41. The van der Waals surface area contributed by atoms with Crippen LogP contribution < -0.4 is 15.0 Å². The summed E-state index contributed by atoms with van der Waals surface area (Å²) in [6.07, 6.45) is -0.501. The lowest BCUT2D eigenvalue weighted by Gasteiger charge is -2.28. The van der Waals surface area contributed by atoms with Crippen LogP contribution in [0.5, 0.6) is 5.88 Å². The molecule has 2 rings (SSSR count). The molecule has 1 fully saturated rings. The van der Waals surface area contributed by atoms with Gasteiger partial charge in [0.2, 0.25) is 5.82 Å². The summed E-state index contributed by atoms with van der Waals surface area (Å²) < 4.78 is 25.4. The first-order valence-corrected chi connectivity index (χ1v) is 9.74. The van der Waals surface area contributed by atoms with Gasteiger partial charge in [0.05, 0.1) is 30.4 Å². The van der Waals surface area contributed by atoms with Gasteiger partial charge < -0.3 is 24.4 Å². The molecule has 1 atom stereocenters. The number of carbonyl (C=O) groups excluding carboxylic acids is 1. The average molecular weight is 399 g/mol. The van der Waals surface area contributed by atoms with Crippen molar-refractivity contribution in [1.82, 2.24) is 14.1 Å². The molecule has 1 N–H and O–H groups in total. The van der Waals surface area contributed by atoms with Crippen LogP contribution in [0.3, 0.4) is 0 Å². The summed E-state index contributed by atoms with van der Waals surface area (Å²) in [4.78, 5) is 14.3. The monoisotopic (exact) mass is 398 g/mol. The number of aromatic nitrogens is 2. The van der Waals surface area contributed by atoms with E-state index in [0.717, 1.165) is 24.8 Å². The van der Waals surface area contributed by atoms with E-state index in [-0.39, 0.29) is 12.1 Å². The highest BCUT2D eigenvalue weighted by Crippen LogP contribution is 2.26. The van der Waals surface area contributed by atoms with Gasteiger partial charge in [-0.3, -0.25) is 4.79 Å². The van der Waals surface area contributed by atoms with Crippen LogP contribution in [0.15, 0.2) is 0 Å². The van der Waals surface area contributed by atoms with E-state index in [4.69, 9.17) is 14.2 Å². The highest BCUT2D eigenvalue weighted by molar-refractivity contribution is 6.99. The second-order valence-corrected chi connectivity index (χ2v) is 8.55. The smallest absolute Gasteiger partial charge is 0.312 e. The van der Waals surface area contributed by atoms with E-state index >= 15 is 0 Å². The number of esters is 1. The molecule has 1 aromatic rings. The predicted molar refractivity (Wildman–Crippen MR) is 105 cm³/mol. The second kappa shape index (κ2) is 9.16. The Labute approximate surface area is 165 Å². The first-order valence-electron chi connectivity index (χ1n) is 9.01. The molecule has 0 saturated carbocycles. The maximum Gasteiger partial charge on any atom is 0.312 e. The summed E-state index contributed by atoms with van der Waals surface area (Å²) in [7, 11) is 0. The zero-order valence-corrected chi connectivity index (χ0v) is 17.4. The summed E-state index contributed by atoms with van der Waals surface area (Å²) in [5.41, 5.74) is -1.19. The van der Waals surface area contributed by atoms with Crippen LogP contribution in [-0.2, 0) is 14.3 Å². The minimum absolute atomic E-state index is 0.121. The Morgan fingerprint density at radius 3 is 2.56 bits per heavy atom. The van der Waals surface area contributed by atoms with Gasteiger partial charge in [-0.25, -0.2) is 0 Å². The molecule has 0 amide bonds. The standard InChI is InChI=1S/C18H30N4O4S/c1-17(2,3)16(23)26-13(11-19-18(4,5)6)12-25-15-14(20-27-21-15)22-7-9-24-10-8-22/h13,19H,1-2,7-12H2,3-6H3/t13-/m0/s1. The van der Waals surface area contributed by atoms with Gasteiger partial charge in [-0.2, -0.15) is 4.37 Å². The third-order valence-electron chi connectivity index (χ3n) is 3.79. The van der Waals surface area contributed by atoms with Crippen molar-refractivity contribution in [3.63, 3.8) is 0 Å². The van der Waals surface area contributed by atoms with Crippen molar-refractivity contribution in [2.24, 2.45) is 5.41 Å². The summed E-state index contributed by atoms with van der Waals surface area (Å²) >= 11 is 1.10. The number of hydrogen-bond donors (Lipinski definition) is 1. The van der Waals surface area contributed by atoms with Crippen LogP contribution in [0, 0.1) is 19.3 Å². The third kappa shape index (κ3) is 7.23. The molecule has 0 bridgehead atoms. The SMILES string of the molecule is [CH2]C([CH2])(C)C(=O)O[C@@H](CNC(C)(C)C)COc1nsnc1N1CCOCC1. The minimum atomic E-state index is -1.07. The van der Waals surface area contributed by atoms with Gasteiger partial charge in [0.25, 0.3) is 5.88 Å². The van der Waals surface area contributed by atoms with Crippen LogP contribution in [0.2, 0.25) is 0 Å². The molecule has 0 aliphatic carbocycles. The fourth-order valence-electron chi connectivity index (χ4n) is 2.26. The predicted octanol–water partition coefficient (Wildman–Crippen LogP) is 1.73. The fraction of sp³-hybridized carbons (Fsp3) is 0.722. The first kappa shape index (κ1) is 21.8. The van der Waals surface area contributed by atoms with Gasteiger partial charge in [-0.05, 0) is 41.5 Å². The summed E-state index contributed by atoms with van der Waals surface area (Å²) in [5, 5.41) is 3.33. The lowest BCUT2D eigenvalue weighted by Crippen LogP contribution is -2.45. The molecule has 1 aliphatic rings. The third-order valence-corrected chi connectivity index (χ3v) is 4.29. The molecule has 1 aliphatic heterocycles. The molecule has 0 unspecified atom stereocenters. The van der Waals surface area contributed by atoms with Crippen LogP contribution in [0.25, 0.3) is 0 Å². The van der Waals surface area contributed by atoms with Gasteiger partial charge in [-0.15, -0.1) is 4.37 Å². The molecular weight excluding hydrogens is 368 g/mol. The largest absolute Gasteiger partial charge is 0.470 e. The lowest BCUT2D eigenvalue weighted by molar-refractivity contribution is -0.157. The zero-order chi connectivity index (χ0) is 20.1. The molecule has 1 aromatic heterocycles. The van der Waals surface area contributed by atoms with Crippen molar-refractivity contribution in [1.29, 1.82) is 0 Å². The lowest BCUT2D eigenvalue weighted by atomic mass is 9.97. The number of carbonyl (C=O) groups is 1. The van der Waals surface area contributed by atoms with E-state index < -0.39 is 17.5 Å². The number of rotatable bonds is 8. The number of anilines is 1. The van der Waals surface area contributed by atoms with Crippen molar-refractivity contribution in [2.45, 2.75) is 39.3 Å². The minimum Gasteiger partial charge on any atom is -0.470 e. The van der Waals surface area contributed by atoms with E-state index in [2.05, 4.69) is 32.8 Å². The number of ether oxygens (including phenoxy) is 3. The summed E-state index contributed by atoms with van der Waals surface area (Å²) in [6.45, 7) is 18.6. The van der Waals surface area contributed by atoms with Crippen LogP contribution in [-0.4, -0.2) is 65.8 Å². The fourth-order valence-corrected chi connectivity index (χ4v) is 2.78. The molecule has 2 heterocycles. The van der Waals surface area contributed by atoms with Gasteiger partial charge in [0, 0.05) is 25.2 Å². The topological polar surface area (TPSA) is 85.8 Å². The van der Waals surface area contributed by atoms with E-state index in [9.17, 15) is 4.79 Å². The second-order valence-electron chi connectivity index (χ2n) is 8.02. The van der Waals surface area contributed by atoms with Crippen LogP contribution in [0.1, 0.15) is 27.7 Å². The Morgan fingerprint density at radius 1 is 1.30 bits per heavy atom. The maximum atomic E-state index is 12.2. The number of nitrogens with zero attached hydrogens (tertiary/aromatic N) is 3. The van der Waals surface area contributed by atoms with E-state index in [0.29, 0.717) is 31.5 Å². The highest BCUT2D eigenvalue weighted by Gasteiger charge is 2.28. The zero-order valence-electron chi connectivity index (χ0n) is 16.6. The van der Waals surface area contributed by atoms with E-state index in [1.807, 2.05) is 20.8 Å².